The maximum absolute atomic E-state index is 3.63. The van der Waals surface area contributed by atoms with Gasteiger partial charge in [0.15, 0.2) is 0 Å². The fraction of sp³-hybridized carbons (Fsp3) is 0.161. The van der Waals surface area contributed by atoms with E-state index in [-0.39, 0.29) is 7.43 Å². The Morgan fingerprint density at radius 3 is 0.774 bits per heavy atom. The van der Waals surface area contributed by atoms with Crippen molar-refractivity contribution in [2.75, 3.05) is 0 Å². The van der Waals surface area contributed by atoms with Gasteiger partial charge in [0, 0.05) is 0 Å². The number of allylic oxidation sites excluding steroid dienone is 1. The van der Waals surface area contributed by atoms with Gasteiger partial charge in [0.1, 0.15) is 0 Å². The van der Waals surface area contributed by atoms with Crippen LogP contribution in [0.15, 0.2) is 123 Å². The van der Waals surface area contributed by atoms with Crippen molar-refractivity contribution in [2.24, 2.45) is 0 Å². The van der Waals surface area contributed by atoms with E-state index < -0.39 is 0 Å². The largest absolute Gasteiger partial charge is 0.103 e. The Hall–Kier alpha value is -3.38. The molecule has 0 spiro atoms. The van der Waals surface area contributed by atoms with Gasteiger partial charge in [-0.25, -0.2) is 0 Å². The highest BCUT2D eigenvalue weighted by molar-refractivity contribution is 5.46. The molecule has 0 radical (unpaired) electrons. The Kier molecular flexibility index (Phi) is 27.7. The van der Waals surface area contributed by atoms with Crippen molar-refractivity contribution >= 4 is 18.2 Å². The minimum absolute atomic E-state index is 0. The standard InChI is InChI=1S/3C8H8.C3H8.C3H6.CH4/c3*1-2-8-6-4-3-5-7-8;2*1-3-2;/h3*2-7H,1H2;3H2,1-2H3;3H,1H2,2H3;1H4. The zero-order valence-electron chi connectivity index (χ0n) is 19.0. The Morgan fingerprint density at radius 2 is 0.677 bits per heavy atom. The van der Waals surface area contributed by atoms with Crippen LogP contribution in [0.2, 0.25) is 0 Å². The second-order valence-electron chi connectivity index (χ2n) is 5.96. The molecule has 0 saturated carbocycles. The third-order valence-corrected chi connectivity index (χ3v) is 3.11. The van der Waals surface area contributed by atoms with Crippen LogP contribution in [0.3, 0.4) is 0 Å². The average Bonchev–Trinajstić information content (AvgIpc) is 2.82. The normalized spacial score (nSPS) is 7.58. The molecule has 0 unspecified atom stereocenters. The SMILES string of the molecule is C.C=CC.C=Cc1ccccc1.C=Cc1ccccc1.C=Cc1ccccc1.CCC. The Morgan fingerprint density at radius 1 is 0.516 bits per heavy atom. The lowest BCUT2D eigenvalue weighted by molar-refractivity contribution is 1.09. The first-order chi connectivity index (χ1) is 14.6. The van der Waals surface area contributed by atoms with Crippen molar-refractivity contribution in [1.82, 2.24) is 0 Å². The lowest BCUT2D eigenvalue weighted by Crippen LogP contribution is -1.63. The Bertz CT molecular complexity index is 649. The molecule has 0 atom stereocenters. The number of hydrogen-bond donors (Lipinski definition) is 0. The van der Waals surface area contributed by atoms with Crippen molar-refractivity contribution in [3.63, 3.8) is 0 Å². The summed E-state index contributed by atoms with van der Waals surface area (Å²) in [5, 5.41) is 0. The summed E-state index contributed by atoms with van der Waals surface area (Å²) in [6, 6.07) is 30.1. The summed E-state index contributed by atoms with van der Waals surface area (Å²) in [4.78, 5) is 0. The van der Waals surface area contributed by atoms with Crippen LogP contribution >= 0.6 is 0 Å². The fourth-order valence-electron chi connectivity index (χ4n) is 1.77. The smallest absolute Gasteiger partial charge is 0.0263 e. The second kappa shape index (κ2) is 26.6. The third-order valence-electron chi connectivity index (χ3n) is 3.11. The molecule has 0 heteroatoms. The van der Waals surface area contributed by atoms with E-state index in [1.165, 1.54) is 23.1 Å². The van der Waals surface area contributed by atoms with Crippen LogP contribution < -0.4 is 0 Å². The minimum atomic E-state index is 0. The van der Waals surface area contributed by atoms with Gasteiger partial charge in [-0.1, -0.05) is 163 Å². The predicted molar refractivity (Wildman–Crippen MR) is 148 cm³/mol. The molecule has 0 N–H and O–H groups in total. The third kappa shape index (κ3) is 22.8. The van der Waals surface area contributed by atoms with E-state index in [1.807, 2.05) is 116 Å². The molecule has 0 aliphatic heterocycles. The maximum atomic E-state index is 3.63. The molecule has 0 aliphatic carbocycles. The molecule has 0 amide bonds. The van der Waals surface area contributed by atoms with E-state index in [0.29, 0.717) is 0 Å². The van der Waals surface area contributed by atoms with Crippen LogP contribution in [-0.2, 0) is 0 Å². The topological polar surface area (TPSA) is 0 Å². The summed E-state index contributed by atoms with van der Waals surface area (Å²) >= 11 is 0. The number of rotatable bonds is 3. The first-order valence-corrected chi connectivity index (χ1v) is 10.2. The highest BCUT2D eigenvalue weighted by Gasteiger charge is 1.77. The fourth-order valence-corrected chi connectivity index (χ4v) is 1.77. The van der Waals surface area contributed by atoms with Gasteiger partial charge in [-0.2, -0.15) is 0 Å². The zero-order valence-corrected chi connectivity index (χ0v) is 19.0. The highest BCUT2D eigenvalue weighted by atomic mass is 13.8. The molecule has 3 aromatic carbocycles. The summed E-state index contributed by atoms with van der Waals surface area (Å²) in [7, 11) is 0. The highest BCUT2D eigenvalue weighted by Crippen LogP contribution is 1.98. The molecule has 0 nitrogen and oxygen atoms in total. The molecule has 31 heavy (non-hydrogen) atoms. The van der Waals surface area contributed by atoms with Gasteiger partial charge >= 0.3 is 0 Å². The molecule has 0 aromatic heterocycles. The lowest BCUT2D eigenvalue weighted by atomic mass is 10.2. The van der Waals surface area contributed by atoms with Crippen molar-refractivity contribution in [1.29, 1.82) is 0 Å². The van der Waals surface area contributed by atoms with Gasteiger partial charge in [0.2, 0.25) is 0 Å². The zero-order chi connectivity index (χ0) is 22.9. The van der Waals surface area contributed by atoms with Crippen LogP contribution in [-0.4, -0.2) is 0 Å². The quantitative estimate of drug-likeness (QED) is 0.374. The summed E-state index contributed by atoms with van der Waals surface area (Å²) in [5.41, 5.74) is 3.52. The van der Waals surface area contributed by atoms with Crippen molar-refractivity contribution in [2.45, 2.75) is 34.6 Å². The first kappa shape index (κ1) is 32.3. The lowest BCUT2D eigenvalue weighted by Gasteiger charge is -1.85. The van der Waals surface area contributed by atoms with Crippen molar-refractivity contribution < 1.29 is 0 Å². The van der Waals surface area contributed by atoms with E-state index in [4.69, 9.17) is 0 Å². The van der Waals surface area contributed by atoms with Gasteiger partial charge < -0.3 is 0 Å². The molecular formula is C31H42. The van der Waals surface area contributed by atoms with Gasteiger partial charge in [-0.05, 0) is 23.6 Å². The van der Waals surface area contributed by atoms with E-state index in [0.717, 1.165) is 0 Å². The molecule has 0 bridgehead atoms. The first-order valence-electron chi connectivity index (χ1n) is 10.2. The van der Waals surface area contributed by atoms with E-state index in [9.17, 15) is 0 Å². The van der Waals surface area contributed by atoms with Crippen LogP contribution in [0.5, 0.6) is 0 Å². The Labute approximate surface area is 193 Å². The summed E-state index contributed by atoms with van der Waals surface area (Å²) in [6.07, 6.45) is 8.50. The predicted octanol–water partition coefficient (Wildman–Crippen LogP) is 10.2. The molecule has 0 fully saturated rings. The molecule has 3 aromatic rings. The van der Waals surface area contributed by atoms with Crippen LogP contribution in [0.25, 0.3) is 18.2 Å². The minimum Gasteiger partial charge on any atom is -0.103 e. The van der Waals surface area contributed by atoms with Gasteiger partial charge in [0.25, 0.3) is 0 Å². The summed E-state index contributed by atoms with van der Waals surface area (Å²) < 4.78 is 0. The van der Waals surface area contributed by atoms with Crippen molar-refractivity contribution in [3.8, 4) is 0 Å². The second-order valence-corrected chi connectivity index (χ2v) is 5.96. The molecule has 166 valence electrons. The van der Waals surface area contributed by atoms with Gasteiger partial charge in [-0.3, -0.25) is 0 Å². The summed E-state index contributed by atoms with van der Waals surface area (Å²) in [5.74, 6) is 0. The summed E-state index contributed by atoms with van der Waals surface area (Å²) in [6.45, 7) is 20.4. The molecular weight excluding hydrogens is 372 g/mol. The average molecular weight is 415 g/mol. The maximum Gasteiger partial charge on any atom is -0.0263 e. The van der Waals surface area contributed by atoms with E-state index in [2.05, 4.69) is 40.2 Å². The number of hydrogen-bond acceptors (Lipinski definition) is 0. The molecule has 0 saturated heterocycles. The van der Waals surface area contributed by atoms with Gasteiger partial charge in [-0.15, -0.1) is 6.58 Å². The van der Waals surface area contributed by atoms with Crippen LogP contribution in [0.4, 0.5) is 0 Å². The molecule has 0 aliphatic rings. The number of benzene rings is 3. The monoisotopic (exact) mass is 414 g/mol. The molecule has 0 heterocycles. The Balaban J connectivity index is -0.000000332. The van der Waals surface area contributed by atoms with Crippen LogP contribution in [0, 0.1) is 0 Å². The van der Waals surface area contributed by atoms with Crippen molar-refractivity contribution in [3.05, 3.63) is 140 Å². The van der Waals surface area contributed by atoms with E-state index >= 15 is 0 Å². The molecule has 3 rings (SSSR count). The van der Waals surface area contributed by atoms with Gasteiger partial charge in [0.05, 0.1) is 0 Å². The van der Waals surface area contributed by atoms with E-state index in [1.54, 1.807) is 6.08 Å². The van der Waals surface area contributed by atoms with Crippen LogP contribution in [0.1, 0.15) is 51.3 Å².